The second-order valence-corrected chi connectivity index (χ2v) is 8.92. The van der Waals surface area contributed by atoms with E-state index >= 15 is 0 Å². The van der Waals surface area contributed by atoms with Gasteiger partial charge < -0.3 is 14.4 Å². The number of rotatable bonds is 3. The number of fused-ring (bicyclic) bond motifs is 2. The molecule has 1 amide bonds. The van der Waals surface area contributed by atoms with Crippen LogP contribution in [0, 0.1) is 17.2 Å². The summed E-state index contributed by atoms with van der Waals surface area (Å²) in [7, 11) is 0. The van der Waals surface area contributed by atoms with Crippen molar-refractivity contribution < 1.29 is 4.79 Å². The first-order chi connectivity index (χ1) is 15.6. The SMILES string of the molecule is CCc1ncc2n1CCN(C(=O)C1CCN(c3c(C#N)cnc4ccc(Cl)cc34)CC1)C2. The Balaban J connectivity index is 1.31. The molecule has 32 heavy (non-hydrogen) atoms. The number of carbonyl (C=O) groups is 1. The van der Waals surface area contributed by atoms with Crippen LogP contribution in [0.1, 0.15) is 36.8 Å². The number of benzene rings is 1. The maximum absolute atomic E-state index is 13.3. The lowest BCUT2D eigenvalue weighted by molar-refractivity contribution is -0.137. The lowest BCUT2D eigenvalue weighted by atomic mass is 9.93. The highest BCUT2D eigenvalue weighted by atomic mass is 35.5. The van der Waals surface area contributed by atoms with Crippen LogP contribution in [-0.2, 0) is 24.3 Å². The first-order valence-corrected chi connectivity index (χ1v) is 11.5. The van der Waals surface area contributed by atoms with Crippen molar-refractivity contribution in [1.29, 1.82) is 5.26 Å². The number of hydrogen-bond acceptors (Lipinski definition) is 5. The van der Waals surface area contributed by atoms with Gasteiger partial charge in [0.2, 0.25) is 5.91 Å². The Labute approximate surface area is 192 Å². The fourth-order valence-corrected chi connectivity index (χ4v) is 5.17. The van der Waals surface area contributed by atoms with E-state index in [9.17, 15) is 10.1 Å². The second-order valence-electron chi connectivity index (χ2n) is 8.49. The summed E-state index contributed by atoms with van der Waals surface area (Å²) in [6.45, 7) is 5.75. The van der Waals surface area contributed by atoms with Crippen molar-refractivity contribution in [2.75, 3.05) is 24.5 Å². The van der Waals surface area contributed by atoms with E-state index < -0.39 is 0 Å². The molecular formula is C24H25ClN6O. The maximum atomic E-state index is 13.3. The number of anilines is 1. The first-order valence-electron chi connectivity index (χ1n) is 11.1. The quantitative estimate of drug-likeness (QED) is 0.609. The van der Waals surface area contributed by atoms with Crippen LogP contribution in [-0.4, -0.2) is 45.0 Å². The van der Waals surface area contributed by atoms with Crippen molar-refractivity contribution in [3.05, 3.63) is 52.7 Å². The number of halogens is 1. The third-order valence-corrected chi connectivity index (χ3v) is 6.91. The predicted octanol–water partition coefficient (Wildman–Crippen LogP) is 3.78. The molecule has 0 spiro atoms. The minimum atomic E-state index is 0.00796. The number of nitrogens with zero attached hydrogens (tertiary/aromatic N) is 6. The van der Waals surface area contributed by atoms with Gasteiger partial charge in [0.05, 0.1) is 35.2 Å². The van der Waals surface area contributed by atoms with E-state index in [1.165, 1.54) is 0 Å². The molecule has 0 atom stereocenters. The Morgan fingerprint density at radius 2 is 2.00 bits per heavy atom. The Kier molecular flexibility index (Phi) is 5.48. The number of piperidine rings is 1. The highest BCUT2D eigenvalue weighted by molar-refractivity contribution is 6.31. The minimum Gasteiger partial charge on any atom is -0.370 e. The fraction of sp³-hybridized carbons (Fsp3) is 0.417. The van der Waals surface area contributed by atoms with E-state index in [1.54, 1.807) is 6.20 Å². The van der Waals surface area contributed by atoms with Crippen LogP contribution >= 0.6 is 11.6 Å². The zero-order chi connectivity index (χ0) is 22.2. The Morgan fingerprint density at radius 3 is 2.75 bits per heavy atom. The van der Waals surface area contributed by atoms with Crippen LogP contribution in [0.2, 0.25) is 5.02 Å². The van der Waals surface area contributed by atoms with E-state index in [2.05, 4.69) is 32.4 Å². The lowest BCUT2D eigenvalue weighted by Crippen LogP contribution is -2.45. The summed E-state index contributed by atoms with van der Waals surface area (Å²) in [5, 5.41) is 11.2. The van der Waals surface area contributed by atoms with E-state index in [0.717, 1.165) is 73.6 Å². The molecule has 5 rings (SSSR count). The molecule has 0 bridgehead atoms. The molecule has 1 fully saturated rings. The largest absolute Gasteiger partial charge is 0.370 e. The number of carbonyl (C=O) groups excluding carboxylic acids is 1. The lowest BCUT2D eigenvalue weighted by Gasteiger charge is -2.37. The summed E-state index contributed by atoms with van der Waals surface area (Å²) in [6, 6.07) is 7.84. The number of hydrogen-bond donors (Lipinski definition) is 0. The van der Waals surface area contributed by atoms with Gasteiger partial charge in [-0.25, -0.2) is 4.98 Å². The molecule has 7 nitrogen and oxygen atoms in total. The van der Waals surface area contributed by atoms with Gasteiger partial charge in [-0.2, -0.15) is 5.26 Å². The van der Waals surface area contributed by atoms with Crippen LogP contribution in [0.4, 0.5) is 5.69 Å². The van der Waals surface area contributed by atoms with Gasteiger partial charge in [0.1, 0.15) is 11.9 Å². The number of pyridine rings is 1. The van der Waals surface area contributed by atoms with Crippen LogP contribution in [0.3, 0.4) is 0 Å². The third-order valence-electron chi connectivity index (χ3n) is 6.68. The molecule has 4 heterocycles. The number of imidazole rings is 1. The number of aryl methyl sites for hydroxylation is 1. The summed E-state index contributed by atoms with van der Waals surface area (Å²) >= 11 is 6.24. The summed E-state index contributed by atoms with van der Waals surface area (Å²) in [6.07, 6.45) is 5.98. The van der Waals surface area contributed by atoms with Crippen molar-refractivity contribution >= 4 is 34.1 Å². The van der Waals surface area contributed by atoms with Gasteiger partial charge in [-0.05, 0) is 31.0 Å². The van der Waals surface area contributed by atoms with Gasteiger partial charge in [-0.15, -0.1) is 0 Å². The van der Waals surface area contributed by atoms with Crippen molar-refractivity contribution in [2.24, 2.45) is 5.92 Å². The Hall–Kier alpha value is -3.11. The minimum absolute atomic E-state index is 0.00796. The average molecular weight is 449 g/mol. The van der Waals surface area contributed by atoms with E-state index in [-0.39, 0.29) is 11.8 Å². The number of amides is 1. The Morgan fingerprint density at radius 1 is 1.19 bits per heavy atom. The van der Waals surface area contributed by atoms with Gasteiger partial charge >= 0.3 is 0 Å². The van der Waals surface area contributed by atoms with E-state index in [4.69, 9.17) is 11.6 Å². The molecule has 0 radical (unpaired) electrons. The Bertz CT molecular complexity index is 1220. The highest BCUT2D eigenvalue weighted by Crippen LogP contribution is 2.34. The van der Waals surface area contributed by atoms with Crippen molar-refractivity contribution in [2.45, 2.75) is 39.3 Å². The first kappa shape index (κ1) is 20.8. The summed E-state index contributed by atoms with van der Waals surface area (Å²) in [5.74, 6) is 1.34. The fourth-order valence-electron chi connectivity index (χ4n) is 5.00. The highest BCUT2D eigenvalue weighted by Gasteiger charge is 2.32. The monoisotopic (exact) mass is 448 g/mol. The molecular weight excluding hydrogens is 424 g/mol. The van der Waals surface area contributed by atoms with Crippen LogP contribution in [0.25, 0.3) is 10.9 Å². The third kappa shape index (κ3) is 3.59. The van der Waals surface area contributed by atoms with E-state index in [1.807, 2.05) is 29.3 Å². The predicted molar refractivity (Wildman–Crippen MR) is 123 cm³/mol. The topological polar surface area (TPSA) is 78.0 Å². The zero-order valence-corrected chi connectivity index (χ0v) is 18.8. The smallest absolute Gasteiger partial charge is 0.226 e. The zero-order valence-electron chi connectivity index (χ0n) is 18.1. The molecule has 0 saturated carbocycles. The molecule has 0 aliphatic carbocycles. The molecule has 164 valence electrons. The van der Waals surface area contributed by atoms with Gasteiger partial charge in [0, 0.05) is 55.1 Å². The molecule has 2 aliphatic heterocycles. The summed E-state index contributed by atoms with van der Waals surface area (Å²) in [5.41, 5.74) is 3.36. The average Bonchev–Trinajstić information content (AvgIpc) is 3.25. The van der Waals surface area contributed by atoms with Gasteiger partial charge in [-0.3, -0.25) is 9.78 Å². The molecule has 1 saturated heterocycles. The van der Waals surface area contributed by atoms with Crippen LogP contribution in [0.5, 0.6) is 0 Å². The number of nitriles is 1. The molecule has 2 aromatic heterocycles. The molecule has 3 aromatic rings. The summed E-state index contributed by atoms with van der Waals surface area (Å²) < 4.78 is 2.25. The van der Waals surface area contributed by atoms with Crippen molar-refractivity contribution in [1.82, 2.24) is 19.4 Å². The van der Waals surface area contributed by atoms with Crippen LogP contribution in [0.15, 0.2) is 30.6 Å². The molecule has 2 aliphatic rings. The van der Waals surface area contributed by atoms with Gasteiger partial charge in [-0.1, -0.05) is 18.5 Å². The molecule has 1 aromatic carbocycles. The van der Waals surface area contributed by atoms with Gasteiger partial charge in [0.25, 0.3) is 0 Å². The number of aromatic nitrogens is 3. The van der Waals surface area contributed by atoms with Crippen LogP contribution < -0.4 is 4.90 Å². The molecule has 8 heteroatoms. The normalized spacial score (nSPS) is 16.8. The maximum Gasteiger partial charge on any atom is 0.226 e. The van der Waals surface area contributed by atoms with Crippen molar-refractivity contribution in [3.8, 4) is 6.07 Å². The van der Waals surface area contributed by atoms with E-state index in [0.29, 0.717) is 17.1 Å². The molecule has 0 unspecified atom stereocenters. The molecule has 0 N–H and O–H groups in total. The van der Waals surface area contributed by atoms with Gasteiger partial charge in [0.15, 0.2) is 0 Å². The standard InChI is InChI=1S/C24H25ClN6O/c1-2-22-28-14-19-15-30(9-10-31(19)22)24(32)16-5-7-29(8-6-16)23-17(12-26)13-27-21-4-3-18(25)11-20(21)23/h3-4,11,13-14,16H,2,5-10,15H2,1H3. The second kappa shape index (κ2) is 8.44. The van der Waals surface area contributed by atoms with Crippen molar-refractivity contribution in [3.63, 3.8) is 0 Å². The summed E-state index contributed by atoms with van der Waals surface area (Å²) in [4.78, 5) is 26.4.